The molecule has 2 aliphatic rings. The second kappa shape index (κ2) is 16.7. The molecule has 1 amide bonds. The fourth-order valence-corrected chi connectivity index (χ4v) is 4.31. The molecule has 1 fully saturated rings. The number of hydrogen-bond acceptors (Lipinski definition) is 8. The molecule has 9 heteroatoms. The Morgan fingerprint density at radius 3 is 2.14 bits per heavy atom. The Morgan fingerprint density at radius 1 is 1.00 bits per heavy atom. The molecule has 0 spiro atoms. The first-order valence-corrected chi connectivity index (χ1v) is 14.8. The zero-order chi connectivity index (χ0) is 31.3. The second-order valence-electron chi connectivity index (χ2n) is 10.7. The summed E-state index contributed by atoms with van der Waals surface area (Å²) in [5, 5.41) is 2.98. The number of nitrogens with one attached hydrogen (secondary N) is 1. The van der Waals surface area contributed by atoms with Crippen LogP contribution in [0.4, 0.5) is 11.4 Å². The molecular weight excluding hydrogens is 534 g/mol. The van der Waals surface area contributed by atoms with E-state index in [1.807, 2.05) is 85.7 Å². The van der Waals surface area contributed by atoms with Gasteiger partial charge in [0.2, 0.25) is 5.75 Å². The van der Waals surface area contributed by atoms with Crippen LogP contribution in [0.15, 0.2) is 42.5 Å². The van der Waals surface area contributed by atoms with Gasteiger partial charge in [-0.1, -0.05) is 13.8 Å². The van der Waals surface area contributed by atoms with Crippen molar-refractivity contribution in [2.24, 2.45) is 0 Å². The van der Waals surface area contributed by atoms with E-state index in [0.717, 1.165) is 43.0 Å². The SMILES string of the molecule is CC.CC(C)(C)OC=O.CCOc1ccc2c(c1OCC)OC(C(=O)Nc1ccc(N3CCN(C)CC3)cc1)C=C2C. The van der Waals surface area contributed by atoms with Gasteiger partial charge in [-0.05, 0) is 96.6 Å². The summed E-state index contributed by atoms with van der Waals surface area (Å²) in [6.45, 7) is 20.8. The van der Waals surface area contributed by atoms with Crippen molar-refractivity contribution >= 4 is 29.3 Å². The van der Waals surface area contributed by atoms with Gasteiger partial charge in [0.1, 0.15) is 5.60 Å². The molecule has 0 aromatic heterocycles. The molecule has 2 heterocycles. The Hall–Kier alpha value is -3.72. The maximum absolute atomic E-state index is 13.1. The molecule has 2 aromatic rings. The number of rotatable bonds is 8. The number of likely N-dealkylation sites (N-methyl/N-ethyl adjacent to an activating group) is 1. The van der Waals surface area contributed by atoms with Crippen LogP contribution in [0, 0.1) is 0 Å². The van der Waals surface area contributed by atoms with Gasteiger partial charge in [-0.2, -0.15) is 0 Å². The largest absolute Gasteiger partial charge is 0.490 e. The van der Waals surface area contributed by atoms with Gasteiger partial charge >= 0.3 is 0 Å². The van der Waals surface area contributed by atoms with Crippen LogP contribution in [0.2, 0.25) is 0 Å². The number of hydrogen-bond donors (Lipinski definition) is 1. The minimum absolute atomic E-state index is 0.225. The number of ether oxygens (including phenoxy) is 4. The number of carbonyl (C=O) groups excluding carboxylic acids is 2. The lowest BCUT2D eigenvalue weighted by molar-refractivity contribution is -0.138. The molecule has 2 aromatic carbocycles. The second-order valence-corrected chi connectivity index (χ2v) is 10.7. The quantitative estimate of drug-likeness (QED) is 0.377. The predicted octanol–water partition coefficient (Wildman–Crippen LogP) is 6.02. The third-order valence-corrected chi connectivity index (χ3v) is 6.40. The molecule has 0 saturated carbocycles. The van der Waals surface area contributed by atoms with Crippen LogP contribution in [0.25, 0.3) is 5.57 Å². The van der Waals surface area contributed by atoms with Crippen LogP contribution in [0.5, 0.6) is 17.2 Å². The van der Waals surface area contributed by atoms with Gasteiger partial charge in [0, 0.05) is 43.1 Å². The standard InChI is InChI=1S/C26H33N3O4.C5H10O2.C2H6/c1-5-31-22-12-11-21-18(3)17-23(33-24(21)25(22)32-6-2)26(30)27-19-7-9-20(10-8-19)29-15-13-28(4)14-16-29;1-5(2,3)7-4-6;1-2/h7-12,17,23H,5-6,13-16H2,1-4H3,(H,27,30);4H,1-3H3;1-2H3. The van der Waals surface area contributed by atoms with Crippen LogP contribution in [-0.2, 0) is 14.3 Å². The van der Waals surface area contributed by atoms with Crippen molar-refractivity contribution in [2.75, 3.05) is 56.7 Å². The summed E-state index contributed by atoms with van der Waals surface area (Å²) < 4.78 is 22.2. The van der Waals surface area contributed by atoms with Crippen LogP contribution in [0.3, 0.4) is 0 Å². The molecule has 1 saturated heterocycles. The maximum Gasteiger partial charge on any atom is 0.293 e. The number of nitrogens with zero attached hydrogens (tertiary/aromatic N) is 2. The van der Waals surface area contributed by atoms with E-state index < -0.39 is 6.10 Å². The first-order chi connectivity index (χ1) is 20.1. The Kier molecular flexibility index (Phi) is 13.7. The number of carbonyl (C=O) groups is 2. The van der Waals surface area contributed by atoms with Crippen LogP contribution < -0.4 is 24.4 Å². The summed E-state index contributed by atoms with van der Waals surface area (Å²) in [5.74, 6) is 1.48. The van der Waals surface area contributed by atoms with E-state index in [9.17, 15) is 9.59 Å². The highest BCUT2D eigenvalue weighted by molar-refractivity contribution is 5.98. The average Bonchev–Trinajstić information content (AvgIpc) is 2.96. The number of piperazine rings is 1. The van der Waals surface area contributed by atoms with E-state index in [1.54, 1.807) is 0 Å². The molecule has 0 bridgehead atoms. The van der Waals surface area contributed by atoms with Gasteiger partial charge in [0.25, 0.3) is 12.4 Å². The fourth-order valence-electron chi connectivity index (χ4n) is 4.31. The van der Waals surface area contributed by atoms with Crippen molar-refractivity contribution in [3.8, 4) is 17.2 Å². The van der Waals surface area contributed by atoms with E-state index >= 15 is 0 Å². The van der Waals surface area contributed by atoms with Crippen LogP contribution >= 0.6 is 0 Å². The summed E-state index contributed by atoms with van der Waals surface area (Å²) in [5.41, 5.74) is 3.46. The van der Waals surface area contributed by atoms with Crippen LogP contribution in [0.1, 0.15) is 61.0 Å². The fraction of sp³-hybridized carbons (Fsp3) is 0.515. The summed E-state index contributed by atoms with van der Waals surface area (Å²) in [7, 11) is 2.15. The van der Waals surface area contributed by atoms with Gasteiger partial charge in [0.15, 0.2) is 17.6 Å². The molecule has 42 heavy (non-hydrogen) atoms. The Bertz CT molecular complexity index is 1170. The predicted molar refractivity (Wildman–Crippen MR) is 170 cm³/mol. The number of allylic oxidation sites excluding steroid dienone is 1. The van der Waals surface area contributed by atoms with Crippen molar-refractivity contribution in [2.45, 2.75) is 67.1 Å². The first-order valence-electron chi connectivity index (χ1n) is 14.8. The Labute approximate surface area is 251 Å². The lowest BCUT2D eigenvalue weighted by atomic mass is 10.00. The molecule has 2 aliphatic heterocycles. The molecule has 1 atom stereocenters. The van der Waals surface area contributed by atoms with Gasteiger partial charge in [-0.3, -0.25) is 9.59 Å². The van der Waals surface area contributed by atoms with E-state index in [1.165, 1.54) is 5.69 Å². The van der Waals surface area contributed by atoms with Crippen molar-refractivity contribution < 1.29 is 28.5 Å². The molecule has 4 rings (SSSR count). The lowest BCUT2D eigenvalue weighted by Gasteiger charge is -2.34. The number of benzene rings is 2. The van der Waals surface area contributed by atoms with Gasteiger partial charge in [-0.25, -0.2) is 0 Å². The minimum Gasteiger partial charge on any atom is -0.490 e. The molecule has 232 valence electrons. The minimum atomic E-state index is -0.758. The van der Waals surface area contributed by atoms with E-state index in [0.29, 0.717) is 36.9 Å². The molecule has 0 aliphatic carbocycles. The van der Waals surface area contributed by atoms with Crippen molar-refractivity contribution in [3.63, 3.8) is 0 Å². The number of amides is 1. The number of anilines is 2. The van der Waals surface area contributed by atoms with Crippen LogP contribution in [-0.4, -0.2) is 75.4 Å². The average molecular weight is 584 g/mol. The molecule has 0 radical (unpaired) electrons. The van der Waals surface area contributed by atoms with Gasteiger partial charge in [-0.15, -0.1) is 0 Å². The van der Waals surface area contributed by atoms with Crippen molar-refractivity contribution in [3.05, 3.63) is 48.0 Å². The van der Waals surface area contributed by atoms with E-state index in [-0.39, 0.29) is 11.5 Å². The number of fused-ring (bicyclic) bond motifs is 1. The topological polar surface area (TPSA) is 89.6 Å². The van der Waals surface area contributed by atoms with Crippen molar-refractivity contribution in [1.29, 1.82) is 0 Å². The normalized spacial score (nSPS) is 16.2. The van der Waals surface area contributed by atoms with Crippen molar-refractivity contribution in [1.82, 2.24) is 4.90 Å². The van der Waals surface area contributed by atoms with Gasteiger partial charge in [0.05, 0.1) is 13.2 Å². The summed E-state index contributed by atoms with van der Waals surface area (Å²) in [6.07, 6.45) is 1.08. The Morgan fingerprint density at radius 2 is 1.62 bits per heavy atom. The van der Waals surface area contributed by atoms with E-state index in [2.05, 4.69) is 39.0 Å². The highest BCUT2D eigenvalue weighted by Gasteiger charge is 2.29. The van der Waals surface area contributed by atoms with Gasteiger partial charge < -0.3 is 34.1 Å². The highest BCUT2D eigenvalue weighted by atomic mass is 16.5. The molecular formula is C33H49N3O6. The third kappa shape index (κ3) is 9.98. The Balaban J connectivity index is 0.000000601. The lowest BCUT2D eigenvalue weighted by Crippen LogP contribution is -2.44. The zero-order valence-electron chi connectivity index (χ0n) is 26.8. The monoisotopic (exact) mass is 583 g/mol. The summed E-state index contributed by atoms with van der Waals surface area (Å²) >= 11 is 0. The molecule has 9 nitrogen and oxygen atoms in total. The first kappa shape index (κ1) is 34.5. The van der Waals surface area contributed by atoms with E-state index in [4.69, 9.17) is 14.2 Å². The third-order valence-electron chi connectivity index (χ3n) is 6.40. The summed E-state index contributed by atoms with van der Waals surface area (Å²) in [6, 6.07) is 11.8. The molecule has 1 N–H and O–H groups in total. The summed E-state index contributed by atoms with van der Waals surface area (Å²) in [4.78, 5) is 27.4. The molecule has 1 unspecified atom stereocenters. The smallest absolute Gasteiger partial charge is 0.293 e. The zero-order valence-corrected chi connectivity index (χ0v) is 26.8. The maximum atomic E-state index is 13.1. The highest BCUT2D eigenvalue weighted by Crippen LogP contribution is 2.45.